The Kier molecular flexibility index (Phi) is 6.69. The lowest BCUT2D eigenvalue weighted by atomic mass is 9.86. The van der Waals surface area contributed by atoms with Crippen LogP contribution in [0.2, 0.25) is 0 Å². The van der Waals surface area contributed by atoms with Crippen molar-refractivity contribution in [2.45, 2.75) is 59.4 Å². The van der Waals surface area contributed by atoms with Gasteiger partial charge in [0.1, 0.15) is 17.1 Å². The van der Waals surface area contributed by atoms with Gasteiger partial charge in [-0.25, -0.2) is 4.98 Å². The van der Waals surface area contributed by atoms with Gasteiger partial charge < -0.3 is 24.4 Å². The average molecular weight is 528 g/mol. The van der Waals surface area contributed by atoms with Gasteiger partial charge in [0.2, 0.25) is 5.95 Å². The molecule has 1 aliphatic heterocycles. The van der Waals surface area contributed by atoms with Gasteiger partial charge in [-0.3, -0.25) is 0 Å². The number of aryl methyl sites for hydroxylation is 3. The number of aromatic nitrogens is 4. The van der Waals surface area contributed by atoms with Crippen LogP contribution in [0.25, 0.3) is 11.2 Å². The smallest absolute Gasteiger partial charge is 0.229 e. The highest BCUT2D eigenvalue weighted by atomic mass is 16.5. The van der Waals surface area contributed by atoms with E-state index in [1.54, 1.807) is 7.11 Å². The van der Waals surface area contributed by atoms with Crippen LogP contribution in [0.5, 0.6) is 5.75 Å². The number of fused-ring (bicyclic) bond motifs is 1. The van der Waals surface area contributed by atoms with Crippen molar-refractivity contribution >= 4 is 34.3 Å². The molecule has 1 N–H and O–H groups in total. The Bertz CT molecular complexity index is 1500. The zero-order chi connectivity index (χ0) is 28.1. The molecule has 0 amide bonds. The van der Waals surface area contributed by atoms with Crippen LogP contribution in [-0.4, -0.2) is 51.8 Å². The van der Waals surface area contributed by atoms with Crippen LogP contribution >= 0.6 is 0 Å². The molecule has 4 aromatic rings. The monoisotopic (exact) mass is 527 g/mol. The molecule has 0 bridgehead atoms. The summed E-state index contributed by atoms with van der Waals surface area (Å²) >= 11 is 0. The fraction of sp³-hybridized carbons (Fsp3) is 0.452. The molecule has 3 heterocycles. The zero-order valence-corrected chi connectivity index (χ0v) is 24.8. The highest BCUT2D eigenvalue weighted by Crippen LogP contribution is 2.34. The Morgan fingerprint density at radius 3 is 2.31 bits per heavy atom. The average Bonchev–Trinajstić information content (AvgIpc) is 3.17. The van der Waals surface area contributed by atoms with E-state index in [-0.39, 0.29) is 11.0 Å². The first-order valence-corrected chi connectivity index (χ1v) is 13.6. The van der Waals surface area contributed by atoms with Crippen molar-refractivity contribution in [3.8, 4) is 5.75 Å². The summed E-state index contributed by atoms with van der Waals surface area (Å²) in [5.74, 6) is 3.26. The number of rotatable bonds is 5. The normalized spacial score (nSPS) is 15.6. The predicted octanol–water partition coefficient (Wildman–Crippen LogP) is 6.14. The van der Waals surface area contributed by atoms with Gasteiger partial charge in [-0.1, -0.05) is 32.9 Å². The largest absolute Gasteiger partial charge is 0.497 e. The molecule has 0 atom stereocenters. The first-order valence-electron chi connectivity index (χ1n) is 13.6. The van der Waals surface area contributed by atoms with Gasteiger partial charge in [0.05, 0.1) is 12.6 Å². The minimum absolute atomic E-state index is 0.0501. The SMILES string of the molecule is COc1ccc(N2CCN(c3nc(Nc4cc(C(C)(C)C)ccc4C)c4c(n3)nc(C)n4C)CC2(C)C)cc1. The lowest BCUT2D eigenvalue weighted by molar-refractivity contribution is 0.408. The molecule has 2 aromatic carbocycles. The standard InChI is InChI=1S/C31H41N7O/c1-20-10-11-22(30(3,4)5)18-25(20)33-28-26-27(32-21(2)36(26)8)34-29(35-28)37-16-17-38(31(6,7)19-37)23-12-14-24(39-9)15-13-23/h10-15,18H,16-17,19H2,1-9H3,(H,33,34,35). The third-order valence-corrected chi connectivity index (χ3v) is 7.87. The van der Waals surface area contributed by atoms with Crippen molar-refractivity contribution in [1.82, 2.24) is 19.5 Å². The number of ether oxygens (including phenoxy) is 1. The molecule has 2 aromatic heterocycles. The molecule has 0 spiro atoms. The number of hydrogen-bond acceptors (Lipinski definition) is 7. The highest BCUT2D eigenvalue weighted by Gasteiger charge is 2.35. The summed E-state index contributed by atoms with van der Waals surface area (Å²) in [6, 6.07) is 14.9. The van der Waals surface area contributed by atoms with Crippen molar-refractivity contribution in [2.24, 2.45) is 7.05 Å². The number of nitrogens with one attached hydrogen (secondary N) is 1. The first kappa shape index (κ1) is 26.8. The molecule has 5 rings (SSSR count). The summed E-state index contributed by atoms with van der Waals surface area (Å²) in [5.41, 5.74) is 6.23. The quantitative estimate of drug-likeness (QED) is 0.334. The molecule has 206 valence electrons. The summed E-state index contributed by atoms with van der Waals surface area (Å²) in [6.07, 6.45) is 0. The van der Waals surface area contributed by atoms with Crippen LogP contribution in [0.15, 0.2) is 42.5 Å². The minimum atomic E-state index is -0.129. The van der Waals surface area contributed by atoms with E-state index in [0.29, 0.717) is 11.6 Å². The second-order valence-electron chi connectivity index (χ2n) is 12.3. The van der Waals surface area contributed by atoms with Crippen LogP contribution in [-0.2, 0) is 12.5 Å². The number of piperazine rings is 1. The Labute approximate surface area is 232 Å². The van der Waals surface area contributed by atoms with E-state index in [1.165, 1.54) is 16.8 Å². The van der Waals surface area contributed by atoms with Gasteiger partial charge in [0.25, 0.3) is 0 Å². The molecule has 0 radical (unpaired) electrons. The maximum atomic E-state index is 5.36. The Hall–Kier alpha value is -3.81. The topological polar surface area (TPSA) is 71.3 Å². The van der Waals surface area contributed by atoms with E-state index in [0.717, 1.165) is 48.2 Å². The van der Waals surface area contributed by atoms with Crippen LogP contribution in [0.4, 0.5) is 23.1 Å². The molecule has 0 saturated carbocycles. The fourth-order valence-electron chi connectivity index (χ4n) is 5.35. The van der Waals surface area contributed by atoms with Gasteiger partial charge in [-0.15, -0.1) is 0 Å². The lowest BCUT2D eigenvalue weighted by Gasteiger charge is -2.48. The van der Waals surface area contributed by atoms with Crippen molar-refractivity contribution in [3.05, 3.63) is 59.4 Å². The van der Waals surface area contributed by atoms with Gasteiger partial charge >= 0.3 is 0 Å². The zero-order valence-electron chi connectivity index (χ0n) is 24.8. The summed E-state index contributed by atoms with van der Waals surface area (Å²) in [5, 5.41) is 3.67. The number of imidazole rings is 1. The summed E-state index contributed by atoms with van der Waals surface area (Å²) in [7, 11) is 3.72. The number of hydrogen-bond donors (Lipinski definition) is 1. The maximum Gasteiger partial charge on any atom is 0.229 e. The van der Waals surface area contributed by atoms with Crippen LogP contribution < -0.4 is 19.9 Å². The molecule has 8 heteroatoms. The van der Waals surface area contributed by atoms with Gasteiger partial charge in [-0.2, -0.15) is 9.97 Å². The summed E-state index contributed by atoms with van der Waals surface area (Å²) in [6.45, 7) is 17.8. The molecule has 1 saturated heterocycles. The van der Waals surface area contributed by atoms with E-state index in [9.17, 15) is 0 Å². The van der Waals surface area contributed by atoms with E-state index in [1.807, 2.05) is 26.1 Å². The molecule has 0 unspecified atom stereocenters. The number of methoxy groups -OCH3 is 1. The van der Waals surface area contributed by atoms with Gasteiger partial charge in [-0.05, 0) is 74.6 Å². The highest BCUT2D eigenvalue weighted by molar-refractivity contribution is 5.88. The maximum absolute atomic E-state index is 5.36. The van der Waals surface area contributed by atoms with Gasteiger partial charge in [0, 0.05) is 38.1 Å². The van der Waals surface area contributed by atoms with Crippen molar-refractivity contribution in [2.75, 3.05) is 41.9 Å². The molecule has 39 heavy (non-hydrogen) atoms. The van der Waals surface area contributed by atoms with Crippen LogP contribution in [0.1, 0.15) is 51.6 Å². The second-order valence-corrected chi connectivity index (χ2v) is 12.3. The molecule has 1 aliphatic rings. The molecule has 1 fully saturated rings. The van der Waals surface area contributed by atoms with Crippen molar-refractivity contribution < 1.29 is 4.74 Å². The Balaban J connectivity index is 1.50. The second kappa shape index (κ2) is 9.74. The van der Waals surface area contributed by atoms with Gasteiger partial charge in [0.15, 0.2) is 11.5 Å². The fourth-order valence-corrected chi connectivity index (χ4v) is 5.35. The van der Waals surface area contributed by atoms with E-state index in [2.05, 4.69) is 91.6 Å². The van der Waals surface area contributed by atoms with Crippen LogP contribution in [0, 0.1) is 13.8 Å². The van der Waals surface area contributed by atoms with Crippen molar-refractivity contribution in [3.63, 3.8) is 0 Å². The Morgan fingerprint density at radius 1 is 0.949 bits per heavy atom. The van der Waals surface area contributed by atoms with Crippen LogP contribution in [0.3, 0.4) is 0 Å². The summed E-state index contributed by atoms with van der Waals surface area (Å²) < 4.78 is 7.42. The predicted molar refractivity (Wildman–Crippen MR) is 161 cm³/mol. The third-order valence-electron chi connectivity index (χ3n) is 7.87. The first-order chi connectivity index (χ1) is 18.4. The number of benzene rings is 2. The van der Waals surface area contributed by atoms with Crippen molar-refractivity contribution in [1.29, 1.82) is 0 Å². The van der Waals surface area contributed by atoms with E-state index < -0.39 is 0 Å². The molecule has 0 aliphatic carbocycles. The summed E-state index contributed by atoms with van der Waals surface area (Å²) in [4.78, 5) is 19.6. The van der Waals surface area contributed by atoms with E-state index >= 15 is 0 Å². The minimum Gasteiger partial charge on any atom is -0.497 e. The third kappa shape index (κ3) is 5.12. The number of nitrogens with zero attached hydrogens (tertiary/aromatic N) is 6. The molecular formula is C31H41N7O. The Morgan fingerprint density at radius 2 is 1.67 bits per heavy atom. The number of anilines is 4. The lowest BCUT2D eigenvalue weighted by Crippen LogP contribution is -2.60. The molecular weight excluding hydrogens is 486 g/mol. The molecule has 8 nitrogen and oxygen atoms in total. The van der Waals surface area contributed by atoms with E-state index in [4.69, 9.17) is 19.7 Å².